The van der Waals surface area contributed by atoms with Crippen molar-refractivity contribution < 1.29 is 0 Å². The molecule has 16 heavy (non-hydrogen) atoms. The van der Waals surface area contributed by atoms with Crippen molar-refractivity contribution >= 4 is 0 Å². The summed E-state index contributed by atoms with van der Waals surface area (Å²) in [4.78, 5) is 4.04. The quantitative estimate of drug-likeness (QED) is 0.793. The number of nitrogens with zero attached hydrogens (tertiary/aromatic N) is 1. The molecule has 1 aromatic rings. The first-order valence-corrected chi connectivity index (χ1v) is 6.25. The van der Waals surface area contributed by atoms with Gasteiger partial charge in [-0.3, -0.25) is 4.98 Å². The van der Waals surface area contributed by atoms with Crippen LogP contribution in [0.1, 0.15) is 52.1 Å². The van der Waals surface area contributed by atoms with Crippen molar-refractivity contribution in [3.8, 4) is 0 Å². The van der Waals surface area contributed by atoms with Crippen LogP contribution in [-0.4, -0.2) is 11.0 Å². The van der Waals surface area contributed by atoms with E-state index in [0.29, 0.717) is 12.1 Å². The van der Waals surface area contributed by atoms with Crippen molar-refractivity contribution in [1.82, 2.24) is 10.3 Å². The zero-order chi connectivity index (χ0) is 12.0. The van der Waals surface area contributed by atoms with Crippen molar-refractivity contribution in [3.63, 3.8) is 0 Å². The summed E-state index contributed by atoms with van der Waals surface area (Å²) in [6.07, 6.45) is 6.24. The number of pyridine rings is 1. The molecule has 0 fully saturated rings. The topological polar surface area (TPSA) is 24.9 Å². The molecule has 1 rings (SSSR count). The second kappa shape index (κ2) is 6.64. The van der Waals surface area contributed by atoms with Gasteiger partial charge in [-0.05, 0) is 50.3 Å². The molecule has 2 nitrogen and oxygen atoms in total. The van der Waals surface area contributed by atoms with Gasteiger partial charge < -0.3 is 5.32 Å². The van der Waals surface area contributed by atoms with Gasteiger partial charge in [0.05, 0.1) is 0 Å². The van der Waals surface area contributed by atoms with Gasteiger partial charge >= 0.3 is 0 Å². The standard InChI is InChI=1S/C14H24N2/c1-11(2)5-6-12(3)16-13(4)14-7-9-15-10-8-14/h7-13,16H,5-6H2,1-4H3. The number of hydrogen-bond acceptors (Lipinski definition) is 2. The molecule has 0 radical (unpaired) electrons. The van der Waals surface area contributed by atoms with E-state index in [1.165, 1.54) is 18.4 Å². The Morgan fingerprint density at radius 2 is 1.69 bits per heavy atom. The highest BCUT2D eigenvalue weighted by atomic mass is 14.9. The van der Waals surface area contributed by atoms with Crippen molar-refractivity contribution in [3.05, 3.63) is 30.1 Å². The fourth-order valence-corrected chi connectivity index (χ4v) is 1.84. The van der Waals surface area contributed by atoms with E-state index in [1.54, 1.807) is 0 Å². The van der Waals surface area contributed by atoms with E-state index < -0.39 is 0 Å². The van der Waals surface area contributed by atoms with Crippen molar-refractivity contribution in [1.29, 1.82) is 0 Å². The Kier molecular flexibility index (Phi) is 5.47. The lowest BCUT2D eigenvalue weighted by molar-refractivity contribution is 0.417. The van der Waals surface area contributed by atoms with Crippen LogP contribution in [0.5, 0.6) is 0 Å². The van der Waals surface area contributed by atoms with Gasteiger partial charge in [0, 0.05) is 24.5 Å². The van der Waals surface area contributed by atoms with Gasteiger partial charge in [0.15, 0.2) is 0 Å². The van der Waals surface area contributed by atoms with E-state index in [-0.39, 0.29) is 0 Å². The minimum Gasteiger partial charge on any atom is -0.308 e. The van der Waals surface area contributed by atoms with Crippen LogP contribution in [0.25, 0.3) is 0 Å². The summed E-state index contributed by atoms with van der Waals surface area (Å²) in [6, 6.07) is 5.13. The monoisotopic (exact) mass is 220 g/mol. The summed E-state index contributed by atoms with van der Waals surface area (Å²) in [5.41, 5.74) is 1.31. The van der Waals surface area contributed by atoms with Crippen LogP contribution in [-0.2, 0) is 0 Å². The summed E-state index contributed by atoms with van der Waals surface area (Å²) in [5, 5.41) is 3.62. The number of aromatic nitrogens is 1. The van der Waals surface area contributed by atoms with E-state index in [0.717, 1.165) is 5.92 Å². The van der Waals surface area contributed by atoms with Crippen LogP contribution in [0.15, 0.2) is 24.5 Å². The maximum atomic E-state index is 4.04. The molecule has 0 saturated carbocycles. The number of rotatable bonds is 6. The molecular weight excluding hydrogens is 196 g/mol. The molecule has 0 spiro atoms. The van der Waals surface area contributed by atoms with Crippen LogP contribution in [0.4, 0.5) is 0 Å². The van der Waals surface area contributed by atoms with Crippen molar-refractivity contribution in [2.24, 2.45) is 5.92 Å². The third-order valence-corrected chi connectivity index (χ3v) is 2.92. The highest BCUT2D eigenvalue weighted by molar-refractivity contribution is 5.14. The average Bonchev–Trinajstić information content (AvgIpc) is 2.27. The lowest BCUT2D eigenvalue weighted by Gasteiger charge is -2.20. The maximum absolute atomic E-state index is 4.04. The van der Waals surface area contributed by atoms with Gasteiger partial charge in [-0.25, -0.2) is 0 Å². The maximum Gasteiger partial charge on any atom is 0.0295 e. The summed E-state index contributed by atoms with van der Waals surface area (Å²) in [7, 11) is 0. The van der Waals surface area contributed by atoms with E-state index in [1.807, 2.05) is 12.4 Å². The van der Waals surface area contributed by atoms with Gasteiger partial charge in [-0.1, -0.05) is 13.8 Å². The van der Waals surface area contributed by atoms with Gasteiger partial charge in [0.25, 0.3) is 0 Å². The Morgan fingerprint density at radius 1 is 1.06 bits per heavy atom. The molecule has 90 valence electrons. The summed E-state index contributed by atoms with van der Waals surface area (Å²) < 4.78 is 0. The lowest BCUT2D eigenvalue weighted by atomic mass is 10.0. The Bertz CT molecular complexity index is 282. The van der Waals surface area contributed by atoms with Crippen molar-refractivity contribution in [2.75, 3.05) is 0 Å². The SMILES string of the molecule is CC(C)CCC(C)NC(C)c1ccncc1. The van der Waals surface area contributed by atoms with E-state index in [2.05, 4.69) is 50.1 Å². The van der Waals surface area contributed by atoms with Crippen LogP contribution < -0.4 is 5.32 Å². The smallest absolute Gasteiger partial charge is 0.0295 e. The van der Waals surface area contributed by atoms with E-state index in [4.69, 9.17) is 0 Å². The highest BCUT2D eigenvalue weighted by Crippen LogP contribution is 2.13. The third kappa shape index (κ3) is 4.75. The molecule has 2 heteroatoms. The minimum atomic E-state index is 0.408. The molecule has 0 aromatic carbocycles. The third-order valence-electron chi connectivity index (χ3n) is 2.92. The number of hydrogen-bond donors (Lipinski definition) is 1. The zero-order valence-corrected chi connectivity index (χ0v) is 10.9. The second-order valence-electron chi connectivity index (χ2n) is 5.04. The molecule has 2 atom stereocenters. The molecule has 0 aliphatic heterocycles. The second-order valence-corrected chi connectivity index (χ2v) is 5.04. The molecule has 1 heterocycles. The van der Waals surface area contributed by atoms with E-state index >= 15 is 0 Å². The fourth-order valence-electron chi connectivity index (χ4n) is 1.84. The first-order chi connectivity index (χ1) is 7.59. The number of nitrogens with one attached hydrogen (secondary N) is 1. The molecule has 0 aliphatic carbocycles. The molecular formula is C14H24N2. The molecule has 0 saturated heterocycles. The predicted molar refractivity (Wildman–Crippen MR) is 69.3 cm³/mol. The Morgan fingerprint density at radius 3 is 2.25 bits per heavy atom. The first kappa shape index (κ1) is 13.2. The largest absolute Gasteiger partial charge is 0.308 e. The molecule has 0 bridgehead atoms. The lowest BCUT2D eigenvalue weighted by Crippen LogP contribution is -2.29. The molecule has 1 aromatic heterocycles. The van der Waals surface area contributed by atoms with Gasteiger partial charge in [-0.2, -0.15) is 0 Å². The Labute approximate surface area is 99.5 Å². The predicted octanol–water partition coefficient (Wildman–Crippen LogP) is 3.56. The Hall–Kier alpha value is -0.890. The molecule has 2 unspecified atom stereocenters. The van der Waals surface area contributed by atoms with Gasteiger partial charge in [0.1, 0.15) is 0 Å². The first-order valence-electron chi connectivity index (χ1n) is 6.25. The van der Waals surface area contributed by atoms with E-state index in [9.17, 15) is 0 Å². The molecule has 1 N–H and O–H groups in total. The van der Waals surface area contributed by atoms with Crippen LogP contribution in [0, 0.1) is 5.92 Å². The molecule has 0 amide bonds. The van der Waals surface area contributed by atoms with Crippen LogP contribution >= 0.6 is 0 Å². The van der Waals surface area contributed by atoms with Crippen LogP contribution in [0.3, 0.4) is 0 Å². The summed E-state index contributed by atoms with van der Waals surface area (Å²) >= 11 is 0. The van der Waals surface area contributed by atoms with Gasteiger partial charge in [0.2, 0.25) is 0 Å². The van der Waals surface area contributed by atoms with Gasteiger partial charge in [-0.15, -0.1) is 0 Å². The Balaban J connectivity index is 2.36. The normalized spacial score (nSPS) is 15.1. The summed E-state index contributed by atoms with van der Waals surface area (Å²) in [5.74, 6) is 0.792. The van der Waals surface area contributed by atoms with Crippen molar-refractivity contribution in [2.45, 2.75) is 52.6 Å². The average molecular weight is 220 g/mol. The minimum absolute atomic E-state index is 0.408. The zero-order valence-electron chi connectivity index (χ0n) is 10.9. The fraction of sp³-hybridized carbons (Fsp3) is 0.643. The summed E-state index contributed by atoms with van der Waals surface area (Å²) in [6.45, 7) is 9.03. The van der Waals surface area contributed by atoms with Crippen LogP contribution in [0.2, 0.25) is 0 Å². The molecule has 0 aliphatic rings. The highest BCUT2D eigenvalue weighted by Gasteiger charge is 2.09.